The van der Waals surface area contributed by atoms with Crippen LogP contribution in [0.25, 0.3) is 33.1 Å². The van der Waals surface area contributed by atoms with Crippen molar-refractivity contribution < 1.29 is 10.2 Å². The molecule has 2 aromatic carbocycles. The first kappa shape index (κ1) is 12.6. The van der Waals surface area contributed by atoms with Crippen molar-refractivity contribution >= 4 is 21.8 Å². The number of phenolic OH excluding ortho intramolecular Hbond substituents is 2. The van der Waals surface area contributed by atoms with Gasteiger partial charge in [-0.2, -0.15) is 5.10 Å². The largest absolute Gasteiger partial charge is 0.508 e. The fourth-order valence-electron chi connectivity index (χ4n) is 2.74. The number of rotatable bonds is 1. The highest BCUT2D eigenvalue weighted by Crippen LogP contribution is 2.37. The van der Waals surface area contributed by atoms with Crippen LogP contribution >= 0.6 is 0 Å². The summed E-state index contributed by atoms with van der Waals surface area (Å²) >= 11 is 0. The highest BCUT2D eigenvalue weighted by atomic mass is 16.3. The molecule has 0 bridgehead atoms. The van der Waals surface area contributed by atoms with Crippen LogP contribution in [0.15, 0.2) is 42.5 Å². The zero-order valence-electron chi connectivity index (χ0n) is 11.8. The van der Waals surface area contributed by atoms with E-state index in [0.717, 1.165) is 27.5 Å². The number of aromatic amines is 1. The maximum absolute atomic E-state index is 10.2. The number of nitrogens with one attached hydrogen (secondary N) is 1. The quantitative estimate of drug-likeness (QED) is 0.501. The summed E-state index contributed by atoms with van der Waals surface area (Å²) in [6.45, 7) is 1.91. The highest BCUT2D eigenvalue weighted by molar-refractivity contribution is 6.10. The molecule has 0 aliphatic heterocycles. The van der Waals surface area contributed by atoms with Gasteiger partial charge in [0.15, 0.2) is 0 Å². The predicted octanol–water partition coefficient (Wildman–Crippen LogP) is 3.50. The van der Waals surface area contributed by atoms with Gasteiger partial charge in [-0.1, -0.05) is 24.3 Å². The Kier molecular flexibility index (Phi) is 2.56. The molecule has 0 spiro atoms. The second-order valence-electron chi connectivity index (χ2n) is 5.25. The molecule has 0 unspecified atom stereocenters. The van der Waals surface area contributed by atoms with Gasteiger partial charge in [0, 0.05) is 22.4 Å². The van der Waals surface area contributed by atoms with E-state index in [1.165, 1.54) is 12.1 Å². The number of nitrogens with zero attached hydrogens (tertiary/aromatic N) is 2. The topological polar surface area (TPSA) is 82.0 Å². The second-order valence-corrected chi connectivity index (χ2v) is 5.25. The molecule has 5 heteroatoms. The van der Waals surface area contributed by atoms with Crippen molar-refractivity contribution in [2.45, 2.75) is 6.92 Å². The molecule has 0 aliphatic rings. The van der Waals surface area contributed by atoms with Gasteiger partial charge < -0.3 is 10.2 Å². The van der Waals surface area contributed by atoms with E-state index in [4.69, 9.17) is 0 Å². The fourth-order valence-corrected chi connectivity index (χ4v) is 2.74. The van der Waals surface area contributed by atoms with Crippen LogP contribution in [0, 0.1) is 6.92 Å². The van der Waals surface area contributed by atoms with Crippen LogP contribution in [0.3, 0.4) is 0 Å². The fraction of sp³-hybridized carbons (Fsp3) is 0.0588. The standard InChI is InChI=1S/C17H13N3O2/c1-9-15-17(20-19-9)12-5-3-2-4-11(12)16(18-15)13-7-6-10(21)8-14(13)22/h2-8,21-22H,1H3,(H,19,20). The van der Waals surface area contributed by atoms with Crippen LogP contribution in [0.1, 0.15) is 5.69 Å². The Bertz CT molecular complexity index is 1020. The molecule has 4 rings (SSSR count). The highest BCUT2D eigenvalue weighted by Gasteiger charge is 2.16. The Morgan fingerprint density at radius 2 is 1.73 bits per heavy atom. The summed E-state index contributed by atoms with van der Waals surface area (Å²) in [5, 5.41) is 28.8. The van der Waals surface area contributed by atoms with Gasteiger partial charge in [0.05, 0.1) is 11.4 Å². The van der Waals surface area contributed by atoms with Gasteiger partial charge in [-0.3, -0.25) is 5.10 Å². The Balaban J connectivity index is 2.17. The summed E-state index contributed by atoms with van der Waals surface area (Å²) in [6, 6.07) is 12.3. The van der Waals surface area contributed by atoms with Crippen molar-refractivity contribution in [2.75, 3.05) is 0 Å². The first-order chi connectivity index (χ1) is 10.6. The number of aryl methyl sites for hydroxylation is 1. The Hall–Kier alpha value is -3.08. The lowest BCUT2D eigenvalue weighted by atomic mass is 10.0. The molecule has 108 valence electrons. The first-order valence-corrected chi connectivity index (χ1v) is 6.91. The minimum Gasteiger partial charge on any atom is -0.508 e. The summed E-state index contributed by atoms with van der Waals surface area (Å²) in [5.74, 6) is 0.0178. The Morgan fingerprint density at radius 3 is 2.50 bits per heavy atom. The van der Waals surface area contributed by atoms with Crippen LogP contribution in [0.4, 0.5) is 0 Å². The molecule has 5 nitrogen and oxygen atoms in total. The summed E-state index contributed by atoms with van der Waals surface area (Å²) in [5.41, 5.74) is 3.72. The van der Waals surface area contributed by atoms with Gasteiger partial charge in [0.2, 0.25) is 0 Å². The average Bonchev–Trinajstić information content (AvgIpc) is 2.88. The van der Waals surface area contributed by atoms with Gasteiger partial charge in [-0.25, -0.2) is 4.98 Å². The van der Waals surface area contributed by atoms with Crippen molar-refractivity contribution in [3.8, 4) is 22.8 Å². The predicted molar refractivity (Wildman–Crippen MR) is 84.9 cm³/mol. The third-order valence-electron chi connectivity index (χ3n) is 3.81. The maximum atomic E-state index is 10.2. The number of fused-ring (bicyclic) bond motifs is 3. The molecule has 0 fully saturated rings. The maximum Gasteiger partial charge on any atom is 0.128 e. The van der Waals surface area contributed by atoms with E-state index in [0.29, 0.717) is 11.3 Å². The molecule has 0 saturated carbocycles. The van der Waals surface area contributed by atoms with Crippen molar-refractivity contribution in [1.29, 1.82) is 0 Å². The van der Waals surface area contributed by atoms with E-state index in [-0.39, 0.29) is 11.5 Å². The molecule has 0 amide bonds. The third-order valence-corrected chi connectivity index (χ3v) is 3.81. The number of aromatic hydroxyl groups is 2. The van der Waals surface area contributed by atoms with Crippen molar-refractivity contribution in [1.82, 2.24) is 15.2 Å². The molecule has 4 aromatic rings. The van der Waals surface area contributed by atoms with Crippen molar-refractivity contribution in [3.05, 3.63) is 48.2 Å². The number of aromatic nitrogens is 3. The molecule has 22 heavy (non-hydrogen) atoms. The Morgan fingerprint density at radius 1 is 0.955 bits per heavy atom. The van der Waals surface area contributed by atoms with Gasteiger partial charge in [0.25, 0.3) is 0 Å². The van der Waals surface area contributed by atoms with Crippen LogP contribution in [-0.4, -0.2) is 25.4 Å². The summed E-state index contributed by atoms with van der Waals surface area (Å²) < 4.78 is 0. The van der Waals surface area contributed by atoms with E-state index in [1.807, 2.05) is 31.2 Å². The van der Waals surface area contributed by atoms with E-state index in [9.17, 15) is 10.2 Å². The molecule has 2 aromatic heterocycles. The molecule has 0 radical (unpaired) electrons. The Labute approximate surface area is 125 Å². The summed E-state index contributed by atoms with van der Waals surface area (Å²) in [7, 11) is 0. The minimum atomic E-state index is -0.00171. The summed E-state index contributed by atoms with van der Waals surface area (Å²) in [6.07, 6.45) is 0. The van der Waals surface area contributed by atoms with Gasteiger partial charge in [-0.15, -0.1) is 0 Å². The van der Waals surface area contributed by atoms with Crippen LogP contribution < -0.4 is 0 Å². The number of hydrogen-bond donors (Lipinski definition) is 3. The zero-order valence-corrected chi connectivity index (χ0v) is 11.8. The molecule has 0 atom stereocenters. The molecule has 0 aliphatic carbocycles. The first-order valence-electron chi connectivity index (χ1n) is 6.91. The number of phenols is 2. The van der Waals surface area contributed by atoms with E-state index >= 15 is 0 Å². The van der Waals surface area contributed by atoms with Crippen LogP contribution in [0.5, 0.6) is 11.5 Å². The number of pyridine rings is 1. The van der Waals surface area contributed by atoms with Gasteiger partial charge >= 0.3 is 0 Å². The summed E-state index contributed by atoms with van der Waals surface area (Å²) in [4.78, 5) is 4.69. The van der Waals surface area contributed by atoms with Gasteiger partial charge in [0.1, 0.15) is 22.5 Å². The van der Waals surface area contributed by atoms with Crippen LogP contribution in [-0.2, 0) is 0 Å². The zero-order chi connectivity index (χ0) is 15.3. The molecule has 3 N–H and O–H groups in total. The molecule has 2 heterocycles. The SMILES string of the molecule is Cc1[nH]nc2c1nc(-c1ccc(O)cc1O)c1ccccc12. The minimum absolute atomic E-state index is 0.00171. The van der Waals surface area contributed by atoms with Crippen molar-refractivity contribution in [3.63, 3.8) is 0 Å². The molecular weight excluding hydrogens is 278 g/mol. The number of hydrogen-bond acceptors (Lipinski definition) is 4. The van der Waals surface area contributed by atoms with Crippen LogP contribution in [0.2, 0.25) is 0 Å². The normalized spacial score (nSPS) is 11.3. The number of benzene rings is 2. The smallest absolute Gasteiger partial charge is 0.128 e. The third kappa shape index (κ3) is 1.72. The molecular formula is C17H13N3O2. The monoisotopic (exact) mass is 291 g/mol. The number of H-pyrrole nitrogens is 1. The van der Waals surface area contributed by atoms with E-state index < -0.39 is 0 Å². The lowest BCUT2D eigenvalue weighted by Crippen LogP contribution is -1.89. The molecule has 0 saturated heterocycles. The lowest BCUT2D eigenvalue weighted by Gasteiger charge is -2.09. The van der Waals surface area contributed by atoms with E-state index in [1.54, 1.807) is 6.07 Å². The second kappa shape index (κ2) is 4.46. The average molecular weight is 291 g/mol. The van der Waals surface area contributed by atoms with Gasteiger partial charge in [-0.05, 0) is 19.1 Å². The van der Waals surface area contributed by atoms with Crippen molar-refractivity contribution in [2.24, 2.45) is 0 Å². The lowest BCUT2D eigenvalue weighted by molar-refractivity contribution is 0.452. The van der Waals surface area contributed by atoms with E-state index in [2.05, 4.69) is 15.2 Å².